The number of hydrogen-bond acceptors (Lipinski definition) is 3. The molecule has 0 radical (unpaired) electrons. The number of nitrogens with zero attached hydrogens (tertiary/aromatic N) is 3. The number of benzene rings is 1. The third-order valence-electron chi connectivity index (χ3n) is 4.23. The predicted molar refractivity (Wildman–Crippen MR) is 129 cm³/mol. The van der Waals surface area contributed by atoms with Crippen LogP contribution in [0, 0.1) is 20.8 Å². The summed E-state index contributed by atoms with van der Waals surface area (Å²) in [6.07, 6.45) is 0.919. The fourth-order valence-electron chi connectivity index (χ4n) is 2.90. The molecule has 8 heteroatoms. The molecule has 0 atom stereocenters. The summed E-state index contributed by atoms with van der Waals surface area (Å²) in [4.78, 5) is 16.7. The van der Waals surface area contributed by atoms with Crippen LogP contribution in [0.15, 0.2) is 35.3 Å². The molecule has 0 saturated carbocycles. The van der Waals surface area contributed by atoms with Crippen LogP contribution in [0.1, 0.15) is 40.7 Å². The van der Waals surface area contributed by atoms with Crippen molar-refractivity contribution in [3.63, 3.8) is 0 Å². The van der Waals surface area contributed by atoms with Crippen molar-refractivity contribution in [1.82, 2.24) is 25.7 Å². The van der Waals surface area contributed by atoms with E-state index in [1.54, 1.807) is 0 Å². The van der Waals surface area contributed by atoms with Crippen molar-refractivity contribution in [2.24, 2.45) is 4.99 Å². The largest absolute Gasteiger partial charge is 0.357 e. The molecule has 0 aliphatic carbocycles. The maximum Gasteiger partial charge on any atom is 0.251 e. The van der Waals surface area contributed by atoms with Gasteiger partial charge in [0.25, 0.3) is 5.91 Å². The Labute approximate surface area is 190 Å². The summed E-state index contributed by atoms with van der Waals surface area (Å²) in [5.41, 5.74) is 3.98. The Kier molecular flexibility index (Phi) is 11.3. The number of carbonyl (C=O) groups excluding carboxylic acids is 1. The van der Waals surface area contributed by atoms with Gasteiger partial charge in [-0.1, -0.05) is 17.7 Å². The Morgan fingerprint density at radius 2 is 1.86 bits per heavy atom. The number of rotatable bonds is 9. The van der Waals surface area contributed by atoms with Crippen molar-refractivity contribution in [2.45, 2.75) is 40.7 Å². The van der Waals surface area contributed by atoms with Crippen LogP contribution in [0.4, 0.5) is 0 Å². The Morgan fingerprint density at radius 1 is 1.10 bits per heavy atom. The normalized spacial score (nSPS) is 11.0. The summed E-state index contributed by atoms with van der Waals surface area (Å²) in [6.45, 7) is 11.6. The van der Waals surface area contributed by atoms with Gasteiger partial charge in [-0.15, -0.1) is 24.0 Å². The van der Waals surface area contributed by atoms with Crippen molar-refractivity contribution in [2.75, 3.05) is 26.2 Å². The van der Waals surface area contributed by atoms with Crippen molar-refractivity contribution in [3.05, 3.63) is 52.8 Å². The van der Waals surface area contributed by atoms with Gasteiger partial charge >= 0.3 is 0 Å². The van der Waals surface area contributed by atoms with Crippen LogP contribution in [0.3, 0.4) is 0 Å². The lowest BCUT2D eigenvalue weighted by Crippen LogP contribution is -2.41. The van der Waals surface area contributed by atoms with E-state index < -0.39 is 0 Å². The molecule has 160 valence electrons. The number of halogens is 1. The second-order valence-electron chi connectivity index (χ2n) is 6.82. The molecule has 0 unspecified atom stereocenters. The zero-order valence-corrected chi connectivity index (χ0v) is 20.1. The number of nitrogens with one attached hydrogen (secondary N) is 3. The van der Waals surface area contributed by atoms with E-state index in [2.05, 4.69) is 39.0 Å². The minimum atomic E-state index is -0.0580. The summed E-state index contributed by atoms with van der Waals surface area (Å²) < 4.78 is 2.02. The average Bonchev–Trinajstić information content (AvgIpc) is 2.99. The van der Waals surface area contributed by atoms with Crippen LogP contribution in [-0.2, 0) is 6.54 Å². The van der Waals surface area contributed by atoms with Crippen molar-refractivity contribution >= 4 is 35.8 Å². The second-order valence-corrected chi connectivity index (χ2v) is 6.82. The van der Waals surface area contributed by atoms with Gasteiger partial charge in [0.2, 0.25) is 0 Å². The smallest absolute Gasteiger partial charge is 0.251 e. The maximum absolute atomic E-state index is 12.1. The van der Waals surface area contributed by atoms with Gasteiger partial charge in [0.1, 0.15) is 0 Å². The molecule has 7 nitrogen and oxygen atoms in total. The molecule has 0 aliphatic heterocycles. The standard InChI is InChI=1S/C21H32N6O.HI/c1-5-22-21(24-10-7-13-27-18(4)15-17(3)26-27)25-12-11-23-20(28)19-9-6-8-16(2)14-19;/h6,8-9,14-15H,5,7,10-13H2,1-4H3,(H,23,28)(H2,22,24,25);1H. The SMILES string of the molecule is CCNC(=NCCCn1nc(C)cc1C)NCCNC(=O)c1cccc(C)c1.I. The van der Waals surface area contributed by atoms with E-state index in [-0.39, 0.29) is 29.9 Å². The van der Waals surface area contributed by atoms with Gasteiger partial charge in [-0.3, -0.25) is 14.5 Å². The number of aliphatic imine (C=N–C) groups is 1. The number of amides is 1. The minimum absolute atomic E-state index is 0. The van der Waals surface area contributed by atoms with E-state index in [0.29, 0.717) is 25.2 Å². The van der Waals surface area contributed by atoms with E-state index >= 15 is 0 Å². The molecule has 0 fully saturated rings. The number of hydrogen-bond donors (Lipinski definition) is 3. The highest BCUT2D eigenvalue weighted by Gasteiger charge is 2.05. The fourth-order valence-corrected chi connectivity index (χ4v) is 2.90. The van der Waals surface area contributed by atoms with Crippen LogP contribution < -0.4 is 16.0 Å². The molecule has 29 heavy (non-hydrogen) atoms. The van der Waals surface area contributed by atoms with Crippen molar-refractivity contribution < 1.29 is 4.79 Å². The highest BCUT2D eigenvalue weighted by molar-refractivity contribution is 14.0. The van der Waals surface area contributed by atoms with Gasteiger partial charge in [0, 0.05) is 44.0 Å². The number of guanidine groups is 1. The molecular weight excluding hydrogens is 479 g/mol. The van der Waals surface area contributed by atoms with Crippen LogP contribution in [0.2, 0.25) is 0 Å². The highest BCUT2D eigenvalue weighted by Crippen LogP contribution is 2.03. The number of carbonyl (C=O) groups is 1. The Bertz CT molecular complexity index is 802. The van der Waals surface area contributed by atoms with E-state index in [4.69, 9.17) is 0 Å². The number of aromatic nitrogens is 2. The number of aryl methyl sites for hydroxylation is 4. The first kappa shape index (κ1) is 24.9. The summed E-state index contributed by atoms with van der Waals surface area (Å²) in [5, 5.41) is 13.9. The lowest BCUT2D eigenvalue weighted by Gasteiger charge is -2.12. The van der Waals surface area contributed by atoms with Gasteiger partial charge < -0.3 is 16.0 Å². The molecule has 0 aliphatic rings. The topological polar surface area (TPSA) is 83.3 Å². The van der Waals surface area contributed by atoms with Crippen molar-refractivity contribution in [3.8, 4) is 0 Å². The summed E-state index contributed by atoms with van der Waals surface area (Å²) in [6, 6.07) is 9.66. The van der Waals surface area contributed by atoms with Crippen LogP contribution in [0.25, 0.3) is 0 Å². The Morgan fingerprint density at radius 3 is 2.52 bits per heavy atom. The van der Waals surface area contributed by atoms with Gasteiger partial charge in [0.15, 0.2) is 5.96 Å². The quantitative estimate of drug-likeness (QED) is 0.209. The molecule has 0 saturated heterocycles. The average molecular weight is 512 g/mol. The van der Waals surface area contributed by atoms with Crippen molar-refractivity contribution in [1.29, 1.82) is 0 Å². The summed E-state index contributed by atoms with van der Waals surface area (Å²) >= 11 is 0. The monoisotopic (exact) mass is 512 g/mol. The first-order chi connectivity index (χ1) is 13.5. The second kappa shape index (κ2) is 13.2. The summed E-state index contributed by atoms with van der Waals surface area (Å²) in [5.74, 6) is 0.706. The minimum Gasteiger partial charge on any atom is -0.357 e. The van der Waals surface area contributed by atoms with E-state index in [1.807, 2.05) is 49.7 Å². The molecule has 3 N–H and O–H groups in total. The Balaban J connectivity index is 0.00000420. The lowest BCUT2D eigenvalue weighted by atomic mass is 10.1. The highest BCUT2D eigenvalue weighted by atomic mass is 127. The van der Waals surface area contributed by atoms with Gasteiger partial charge in [-0.05, 0) is 52.3 Å². The van der Waals surface area contributed by atoms with E-state index in [0.717, 1.165) is 36.7 Å². The molecule has 1 amide bonds. The van der Waals surface area contributed by atoms with Gasteiger partial charge in [0.05, 0.1) is 5.69 Å². The van der Waals surface area contributed by atoms with Crippen LogP contribution in [-0.4, -0.2) is 47.8 Å². The molecule has 2 rings (SSSR count). The summed E-state index contributed by atoms with van der Waals surface area (Å²) in [7, 11) is 0. The third-order valence-corrected chi connectivity index (χ3v) is 4.23. The molecule has 1 heterocycles. The fraction of sp³-hybridized carbons (Fsp3) is 0.476. The van der Waals surface area contributed by atoms with E-state index in [9.17, 15) is 4.79 Å². The first-order valence-corrected chi connectivity index (χ1v) is 9.87. The third kappa shape index (κ3) is 8.84. The molecule has 2 aromatic rings. The molecule has 1 aromatic heterocycles. The van der Waals surface area contributed by atoms with E-state index in [1.165, 1.54) is 5.69 Å². The lowest BCUT2D eigenvalue weighted by molar-refractivity contribution is 0.0954. The van der Waals surface area contributed by atoms with Gasteiger partial charge in [-0.2, -0.15) is 5.10 Å². The van der Waals surface area contributed by atoms with Crippen LogP contribution in [0.5, 0.6) is 0 Å². The maximum atomic E-state index is 12.1. The van der Waals surface area contributed by atoms with Gasteiger partial charge in [-0.25, -0.2) is 0 Å². The zero-order valence-electron chi connectivity index (χ0n) is 17.8. The molecular formula is C21H33IN6O. The Hall–Kier alpha value is -2.10. The molecule has 0 spiro atoms. The predicted octanol–water partition coefficient (Wildman–Crippen LogP) is 2.80. The molecule has 0 bridgehead atoms. The van der Waals surface area contributed by atoms with Crippen LogP contribution >= 0.6 is 24.0 Å². The zero-order chi connectivity index (χ0) is 20.4. The molecule has 1 aromatic carbocycles. The first-order valence-electron chi connectivity index (χ1n) is 9.87.